The van der Waals surface area contributed by atoms with E-state index in [1.54, 1.807) is 0 Å². The van der Waals surface area contributed by atoms with Gasteiger partial charge >= 0.3 is 0 Å². The third kappa shape index (κ3) is 3.61. The molecule has 0 N–H and O–H groups in total. The largest absolute Gasteiger partial charge is 0.481 e. The highest BCUT2D eigenvalue weighted by atomic mass is 35.5. The second kappa shape index (κ2) is 7.14. The number of morpholine rings is 1. The summed E-state index contributed by atoms with van der Waals surface area (Å²) in [5, 5.41) is 0.618. The molecule has 2 atom stereocenters. The van der Waals surface area contributed by atoms with Crippen molar-refractivity contribution in [3.63, 3.8) is 0 Å². The van der Waals surface area contributed by atoms with Crippen LogP contribution in [0.4, 0.5) is 0 Å². The third-order valence-electron chi connectivity index (χ3n) is 3.85. The van der Waals surface area contributed by atoms with Crippen LogP contribution in [-0.2, 0) is 4.74 Å². The molecule has 0 aliphatic carbocycles. The van der Waals surface area contributed by atoms with Crippen LogP contribution < -0.4 is 4.74 Å². The highest BCUT2D eigenvalue weighted by molar-refractivity contribution is 6.32. The summed E-state index contributed by atoms with van der Waals surface area (Å²) in [5.41, 5.74) is 1.10. The molecule has 3 rings (SSSR count). The second-order valence-electron chi connectivity index (χ2n) is 5.55. The number of rotatable bonds is 4. The summed E-state index contributed by atoms with van der Waals surface area (Å²) in [6.07, 6.45) is -0.193. The molecule has 0 amide bonds. The normalized spacial score (nSPS) is 20.5. The zero-order valence-electron chi connectivity index (χ0n) is 12.6. The zero-order valence-corrected chi connectivity index (χ0v) is 13.4. The smallest absolute Gasteiger partial charge is 0.151 e. The predicted molar refractivity (Wildman–Crippen MR) is 88.5 cm³/mol. The molecular weight excluding hydrogens is 298 g/mol. The number of halogens is 1. The monoisotopic (exact) mass is 317 g/mol. The van der Waals surface area contributed by atoms with Gasteiger partial charge in [0.15, 0.2) is 6.10 Å². The predicted octanol–water partition coefficient (Wildman–Crippen LogP) is 3.79. The Hall–Kier alpha value is -1.55. The number of hydrogen-bond acceptors (Lipinski definition) is 3. The van der Waals surface area contributed by atoms with Gasteiger partial charge in [0.2, 0.25) is 0 Å². The first kappa shape index (κ1) is 15.3. The maximum Gasteiger partial charge on any atom is 0.151 e. The summed E-state index contributed by atoms with van der Waals surface area (Å²) in [6.45, 7) is 2.50. The first-order valence-electron chi connectivity index (χ1n) is 7.50. The molecule has 0 radical (unpaired) electrons. The van der Waals surface area contributed by atoms with Gasteiger partial charge in [0.1, 0.15) is 11.9 Å². The minimum Gasteiger partial charge on any atom is -0.481 e. The molecular formula is C18H20ClNO2. The van der Waals surface area contributed by atoms with E-state index in [9.17, 15) is 0 Å². The lowest BCUT2D eigenvalue weighted by Gasteiger charge is -2.35. The molecule has 2 aromatic rings. The van der Waals surface area contributed by atoms with E-state index in [-0.39, 0.29) is 12.2 Å². The van der Waals surface area contributed by atoms with Crippen molar-refractivity contribution in [2.45, 2.75) is 12.2 Å². The lowest BCUT2D eigenvalue weighted by molar-refractivity contribution is -0.0759. The van der Waals surface area contributed by atoms with Crippen LogP contribution in [0, 0.1) is 0 Å². The van der Waals surface area contributed by atoms with Gasteiger partial charge in [-0.15, -0.1) is 0 Å². The van der Waals surface area contributed by atoms with Crippen molar-refractivity contribution in [1.82, 2.24) is 4.90 Å². The van der Waals surface area contributed by atoms with E-state index in [4.69, 9.17) is 21.1 Å². The Labute approximate surface area is 136 Å². The number of ether oxygens (including phenoxy) is 2. The van der Waals surface area contributed by atoms with Gasteiger partial charge in [0.25, 0.3) is 0 Å². The number of hydrogen-bond donors (Lipinski definition) is 0. The molecule has 1 saturated heterocycles. The molecule has 1 heterocycles. The highest BCUT2D eigenvalue weighted by Crippen LogP contribution is 2.32. The fourth-order valence-corrected chi connectivity index (χ4v) is 2.85. The Morgan fingerprint density at radius 2 is 1.86 bits per heavy atom. The first-order chi connectivity index (χ1) is 10.7. The quantitative estimate of drug-likeness (QED) is 0.856. The number of nitrogens with zero attached hydrogens (tertiary/aromatic N) is 1. The summed E-state index contributed by atoms with van der Waals surface area (Å²) >= 11 is 6.25. The molecule has 4 heteroatoms. The first-order valence-corrected chi connectivity index (χ1v) is 7.88. The van der Waals surface area contributed by atoms with E-state index in [0.717, 1.165) is 25.3 Å². The van der Waals surface area contributed by atoms with Crippen LogP contribution in [0.25, 0.3) is 0 Å². The molecule has 1 aliphatic rings. The minimum atomic E-state index is -0.177. The Bertz CT molecular complexity index is 605. The number of benzene rings is 2. The van der Waals surface area contributed by atoms with E-state index in [2.05, 4.69) is 24.1 Å². The molecule has 0 bridgehead atoms. The molecule has 1 aliphatic heterocycles. The molecule has 116 valence electrons. The molecule has 0 saturated carbocycles. The van der Waals surface area contributed by atoms with Crippen LogP contribution >= 0.6 is 11.6 Å². The summed E-state index contributed by atoms with van der Waals surface area (Å²) < 4.78 is 12.2. The molecule has 22 heavy (non-hydrogen) atoms. The maximum absolute atomic E-state index is 6.25. The number of likely N-dealkylation sites (N-methyl/N-ethyl adjacent to an activating group) is 1. The maximum atomic E-state index is 6.25. The minimum absolute atomic E-state index is 0.0163. The zero-order chi connectivity index (χ0) is 15.4. The van der Waals surface area contributed by atoms with E-state index in [0.29, 0.717) is 10.8 Å². The van der Waals surface area contributed by atoms with Crippen molar-refractivity contribution in [1.29, 1.82) is 0 Å². The summed E-state index contributed by atoms with van der Waals surface area (Å²) in [7, 11) is 2.10. The fourth-order valence-electron chi connectivity index (χ4n) is 2.67. The topological polar surface area (TPSA) is 21.7 Å². The van der Waals surface area contributed by atoms with Gasteiger partial charge in [-0.3, -0.25) is 0 Å². The van der Waals surface area contributed by atoms with Gasteiger partial charge < -0.3 is 14.4 Å². The van der Waals surface area contributed by atoms with E-state index in [1.165, 1.54) is 0 Å². The van der Waals surface area contributed by atoms with E-state index >= 15 is 0 Å². The van der Waals surface area contributed by atoms with Crippen LogP contribution in [0.2, 0.25) is 5.02 Å². The molecule has 1 fully saturated rings. The van der Waals surface area contributed by atoms with Gasteiger partial charge in [-0.1, -0.05) is 54.1 Å². The summed E-state index contributed by atoms with van der Waals surface area (Å²) in [5.74, 6) is 0.690. The lowest BCUT2D eigenvalue weighted by Crippen LogP contribution is -2.44. The SMILES string of the molecule is CN1CCOC(C(Oc2ccccc2Cl)c2ccccc2)C1. The van der Waals surface area contributed by atoms with Crippen molar-refractivity contribution in [2.24, 2.45) is 0 Å². The van der Waals surface area contributed by atoms with Crippen molar-refractivity contribution in [3.8, 4) is 5.75 Å². The molecule has 0 spiro atoms. The molecule has 2 aromatic carbocycles. The molecule has 3 nitrogen and oxygen atoms in total. The van der Waals surface area contributed by atoms with Gasteiger partial charge in [-0.25, -0.2) is 0 Å². The van der Waals surface area contributed by atoms with Crippen LogP contribution in [0.3, 0.4) is 0 Å². The van der Waals surface area contributed by atoms with E-state index in [1.807, 2.05) is 42.5 Å². The number of para-hydroxylation sites is 1. The Morgan fingerprint density at radius 3 is 2.59 bits per heavy atom. The van der Waals surface area contributed by atoms with Gasteiger partial charge in [0.05, 0.1) is 11.6 Å². The lowest BCUT2D eigenvalue weighted by atomic mass is 10.0. The van der Waals surface area contributed by atoms with Crippen molar-refractivity contribution in [3.05, 3.63) is 65.2 Å². The molecule has 0 aromatic heterocycles. The Balaban J connectivity index is 1.88. The van der Waals surface area contributed by atoms with Gasteiger partial charge in [-0.05, 0) is 24.7 Å². The fraction of sp³-hybridized carbons (Fsp3) is 0.333. The molecule has 2 unspecified atom stereocenters. The van der Waals surface area contributed by atoms with Gasteiger partial charge in [0, 0.05) is 13.1 Å². The van der Waals surface area contributed by atoms with Crippen molar-refractivity contribution >= 4 is 11.6 Å². The average Bonchev–Trinajstić information content (AvgIpc) is 2.55. The summed E-state index contributed by atoms with van der Waals surface area (Å²) in [6, 6.07) is 17.7. The average molecular weight is 318 g/mol. The van der Waals surface area contributed by atoms with Gasteiger partial charge in [-0.2, -0.15) is 0 Å². The Morgan fingerprint density at radius 1 is 1.14 bits per heavy atom. The highest BCUT2D eigenvalue weighted by Gasteiger charge is 2.30. The second-order valence-corrected chi connectivity index (χ2v) is 5.96. The summed E-state index contributed by atoms with van der Waals surface area (Å²) in [4.78, 5) is 2.26. The van der Waals surface area contributed by atoms with Crippen LogP contribution in [0.1, 0.15) is 11.7 Å². The van der Waals surface area contributed by atoms with Crippen LogP contribution in [0.15, 0.2) is 54.6 Å². The van der Waals surface area contributed by atoms with Crippen LogP contribution in [0.5, 0.6) is 5.75 Å². The third-order valence-corrected chi connectivity index (χ3v) is 4.17. The van der Waals surface area contributed by atoms with E-state index < -0.39 is 0 Å². The van der Waals surface area contributed by atoms with Crippen molar-refractivity contribution < 1.29 is 9.47 Å². The standard InChI is InChI=1S/C18H20ClNO2/c1-20-11-12-21-17(13-20)18(14-7-3-2-4-8-14)22-16-10-6-5-9-15(16)19/h2-10,17-18H,11-13H2,1H3. The van der Waals surface area contributed by atoms with Crippen molar-refractivity contribution in [2.75, 3.05) is 26.7 Å². The van der Waals surface area contributed by atoms with Crippen LogP contribution in [-0.4, -0.2) is 37.7 Å². The Kier molecular flexibility index (Phi) is 4.98.